The molecule has 3 nitrogen and oxygen atoms in total. The van der Waals surface area contributed by atoms with Gasteiger partial charge in [0.2, 0.25) is 5.91 Å². The quantitative estimate of drug-likeness (QED) is 0.594. The Kier molecular flexibility index (Phi) is 1.62. The van der Waals surface area contributed by atoms with Crippen molar-refractivity contribution in [2.45, 2.75) is 6.42 Å². The van der Waals surface area contributed by atoms with Crippen LogP contribution in [0, 0.1) is 5.82 Å². The Morgan fingerprint density at radius 1 is 1.31 bits per heavy atom. The zero-order chi connectivity index (χ0) is 9.42. The molecule has 0 aromatic heterocycles. The second-order valence-electron chi connectivity index (χ2n) is 2.83. The second kappa shape index (κ2) is 2.65. The summed E-state index contributed by atoms with van der Waals surface area (Å²) in [4.78, 5) is 22.0. The van der Waals surface area contributed by atoms with Crippen molar-refractivity contribution in [1.29, 1.82) is 0 Å². The number of imide groups is 1. The highest BCUT2D eigenvalue weighted by Crippen LogP contribution is 2.17. The van der Waals surface area contributed by atoms with Gasteiger partial charge in [-0.3, -0.25) is 14.9 Å². The number of hydrogen-bond donors (Lipinski definition) is 1. The summed E-state index contributed by atoms with van der Waals surface area (Å²) in [6.45, 7) is 0. The van der Waals surface area contributed by atoms with Crippen molar-refractivity contribution in [3.63, 3.8) is 0 Å². The number of halogens is 1. The number of carbonyl (C=O) groups excluding carboxylic acids is 2. The maximum atomic E-state index is 13.1. The van der Waals surface area contributed by atoms with Gasteiger partial charge in [0.15, 0.2) is 0 Å². The van der Waals surface area contributed by atoms with Gasteiger partial charge in [-0.05, 0) is 11.6 Å². The number of carbonyl (C=O) groups is 2. The third-order valence-electron chi connectivity index (χ3n) is 1.93. The van der Waals surface area contributed by atoms with Gasteiger partial charge in [0.05, 0.1) is 12.0 Å². The molecule has 13 heavy (non-hydrogen) atoms. The Balaban J connectivity index is 2.61. The topological polar surface area (TPSA) is 46.2 Å². The first-order valence-electron chi connectivity index (χ1n) is 3.80. The maximum absolute atomic E-state index is 13.1. The van der Waals surface area contributed by atoms with Crippen LogP contribution in [0.4, 0.5) is 4.39 Å². The van der Waals surface area contributed by atoms with Crippen molar-refractivity contribution in [2.24, 2.45) is 0 Å². The van der Waals surface area contributed by atoms with E-state index in [0.717, 1.165) is 0 Å². The Bertz CT molecular complexity index is 401. The van der Waals surface area contributed by atoms with Crippen molar-refractivity contribution >= 4 is 11.8 Å². The van der Waals surface area contributed by atoms with Crippen LogP contribution in [0.2, 0.25) is 0 Å². The fourth-order valence-corrected chi connectivity index (χ4v) is 1.38. The highest BCUT2D eigenvalue weighted by atomic mass is 19.1. The average Bonchev–Trinajstić information content (AvgIpc) is 2.02. The first kappa shape index (κ1) is 7.91. The van der Waals surface area contributed by atoms with Crippen molar-refractivity contribution in [3.05, 3.63) is 35.1 Å². The third kappa shape index (κ3) is 1.20. The standard InChI is InChI=1S/C9H6FNO2/c10-6-3-1-2-5-4-7(12)11-9(13)8(5)6/h1-3H,4H2,(H,11,12,13). The molecule has 66 valence electrons. The van der Waals surface area contributed by atoms with E-state index in [4.69, 9.17) is 0 Å². The van der Waals surface area contributed by atoms with E-state index in [1.807, 2.05) is 0 Å². The molecule has 0 saturated carbocycles. The second-order valence-corrected chi connectivity index (χ2v) is 2.83. The molecule has 1 aliphatic heterocycles. The Morgan fingerprint density at radius 2 is 2.08 bits per heavy atom. The van der Waals surface area contributed by atoms with Crippen molar-refractivity contribution in [1.82, 2.24) is 5.32 Å². The van der Waals surface area contributed by atoms with E-state index in [9.17, 15) is 14.0 Å². The lowest BCUT2D eigenvalue weighted by Gasteiger charge is -2.14. The van der Waals surface area contributed by atoms with E-state index >= 15 is 0 Å². The molecule has 2 amide bonds. The summed E-state index contributed by atoms with van der Waals surface area (Å²) in [6.07, 6.45) is 0.0683. The SMILES string of the molecule is O=C1Cc2cccc(F)c2C(=O)N1. The third-order valence-corrected chi connectivity index (χ3v) is 1.93. The van der Waals surface area contributed by atoms with E-state index in [2.05, 4.69) is 5.32 Å². The first-order chi connectivity index (χ1) is 6.18. The monoisotopic (exact) mass is 179 g/mol. The van der Waals surface area contributed by atoms with Gasteiger partial charge in [0.1, 0.15) is 5.82 Å². The molecule has 2 rings (SSSR count). The summed E-state index contributed by atoms with van der Waals surface area (Å²) in [6, 6.07) is 4.27. The highest BCUT2D eigenvalue weighted by Gasteiger charge is 2.24. The number of rotatable bonds is 0. The maximum Gasteiger partial charge on any atom is 0.261 e. The molecular formula is C9H6FNO2. The molecule has 0 radical (unpaired) electrons. The van der Waals surface area contributed by atoms with Crippen LogP contribution >= 0.6 is 0 Å². The van der Waals surface area contributed by atoms with Crippen molar-refractivity contribution in [2.75, 3.05) is 0 Å². The average molecular weight is 179 g/mol. The molecule has 0 saturated heterocycles. The van der Waals surface area contributed by atoms with Gasteiger partial charge in [-0.1, -0.05) is 12.1 Å². The molecule has 0 atom stereocenters. The van der Waals surface area contributed by atoms with Gasteiger partial charge in [0, 0.05) is 0 Å². The minimum atomic E-state index is -0.649. The van der Waals surface area contributed by atoms with E-state index < -0.39 is 11.7 Å². The largest absolute Gasteiger partial charge is 0.292 e. The van der Waals surface area contributed by atoms with Crippen LogP contribution in [-0.4, -0.2) is 11.8 Å². The molecule has 0 aliphatic carbocycles. The first-order valence-corrected chi connectivity index (χ1v) is 3.80. The van der Waals surface area contributed by atoms with E-state index in [0.29, 0.717) is 5.56 Å². The van der Waals surface area contributed by atoms with Crippen molar-refractivity contribution < 1.29 is 14.0 Å². The van der Waals surface area contributed by atoms with E-state index in [1.165, 1.54) is 12.1 Å². The molecule has 1 aliphatic rings. The number of amides is 2. The summed E-state index contributed by atoms with van der Waals surface area (Å²) < 4.78 is 13.1. The molecule has 1 aromatic rings. The van der Waals surface area contributed by atoms with Crippen LogP contribution in [-0.2, 0) is 11.2 Å². The van der Waals surface area contributed by atoms with Crippen molar-refractivity contribution in [3.8, 4) is 0 Å². The predicted molar refractivity (Wildman–Crippen MR) is 42.6 cm³/mol. The summed E-state index contributed by atoms with van der Waals surface area (Å²) in [7, 11) is 0. The molecule has 0 spiro atoms. The number of benzene rings is 1. The van der Waals surface area contributed by atoms with Gasteiger partial charge < -0.3 is 0 Å². The Morgan fingerprint density at radius 3 is 2.85 bits per heavy atom. The normalized spacial score (nSPS) is 15.2. The molecule has 1 N–H and O–H groups in total. The van der Waals surface area contributed by atoms with E-state index in [1.54, 1.807) is 6.07 Å². The number of fused-ring (bicyclic) bond motifs is 1. The van der Waals surface area contributed by atoms with Crippen LogP contribution in [0.25, 0.3) is 0 Å². The fraction of sp³-hybridized carbons (Fsp3) is 0.111. The zero-order valence-corrected chi connectivity index (χ0v) is 6.63. The zero-order valence-electron chi connectivity index (χ0n) is 6.63. The number of nitrogens with one attached hydrogen (secondary N) is 1. The van der Waals surface area contributed by atoms with Crippen LogP contribution in [0.5, 0.6) is 0 Å². The molecule has 0 unspecified atom stereocenters. The molecule has 1 heterocycles. The minimum Gasteiger partial charge on any atom is -0.292 e. The van der Waals surface area contributed by atoms with Crippen LogP contribution in [0.3, 0.4) is 0 Å². The lowest BCUT2D eigenvalue weighted by atomic mass is 10.00. The fourth-order valence-electron chi connectivity index (χ4n) is 1.38. The summed E-state index contributed by atoms with van der Waals surface area (Å²) in [5, 5.41) is 2.06. The highest BCUT2D eigenvalue weighted by molar-refractivity contribution is 6.09. The molecule has 4 heteroatoms. The van der Waals surface area contributed by atoms with Gasteiger partial charge in [0.25, 0.3) is 5.91 Å². The minimum absolute atomic E-state index is 0.0119. The lowest BCUT2D eigenvalue weighted by molar-refractivity contribution is -0.119. The van der Waals surface area contributed by atoms with Gasteiger partial charge in [-0.15, -0.1) is 0 Å². The van der Waals surface area contributed by atoms with Gasteiger partial charge in [-0.2, -0.15) is 0 Å². The summed E-state index contributed by atoms with van der Waals surface area (Å²) >= 11 is 0. The van der Waals surface area contributed by atoms with Gasteiger partial charge in [-0.25, -0.2) is 4.39 Å². The summed E-state index contributed by atoms with van der Waals surface area (Å²) in [5.41, 5.74) is 0.441. The smallest absolute Gasteiger partial charge is 0.261 e. The number of hydrogen-bond acceptors (Lipinski definition) is 2. The Labute approximate surface area is 73.6 Å². The van der Waals surface area contributed by atoms with E-state index in [-0.39, 0.29) is 17.9 Å². The molecule has 0 fully saturated rings. The van der Waals surface area contributed by atoms with Crippen LogP contribution in [0.15, 0.2) is 18.2 Å². The predicted octanol–water partition coefficient (Wildman–Crippen LogP) is 0.638. The molecule has 0 bridgehead atoms. The summed E-state index contributed by atoms with van der Waals surface area (Å²) in [5.74, 6) is -1.62. The lowest BCUT2D eigenvalue weighted by Crippen LogP contribution is -2.37. The van der Waals surface area contributed by atoms with Gasteiger partial charge >= 0.3 is 0 Å². The van der Waals surface area contributed by atoms with Crippen LogP contribution in [0.1, 0.15) is 15.9 Å². The Hall–Kier alpha value is -1.71. The van der Waals surface area contributed by atoms with Crippen LogP contribution < -0.4 is 5.32 Å². The molecule has 1 aromatic carbocycles. The molecular weight excluding hydrogens is 173 g/mol.